The quantitative estimate of drug-likeness (QED) is 0.346. The third-order valence-corrected chi connectivity index (χ3v) is 6.92. The number of hydrogen-bond donors (Lipinski definition) is 3. The molecule has 0 spiro atoms. The van der Waals surface area contributed by atoms with Crippen LogP contribution in [0, 0.1) is 11.8 Å². The third kappa shape index (κ3) is 7.82. The Kier molecular flexibility index (Phi) is 7.22. The van der Waals surface area contributed by atoms with Crippen molar-refractivity contribution in [2.45, 2.75) is 37.9 Å². The van der Waals surface area contributed by atoms with E-state index in [2.05, 4.69) is 15.6 Å². The molecule has 0 unspecified atom stereocenters. The number of halogens is 4. The fourth-order valence-corrected chi connectivity index (χ4v) is 4.65. The molecule has 1 amide bonds. The normalized spacial score (nSPS) is 16.8. The van der Waals surface area contributed by atoms with Gasteiger partial charge in [-0.15, -0.1) is 0 Å². The molecule has 0 aliphatic heterocycles. The molecule has 1 aromatic heterocycles. The van der Waals surface area contributed by atoms with Gasteiger partial charge < -0.3 is 5.32 Å². The number of nitrogens with one attached hydrogen (secondary N) is 3. The molecule has 13 heteroatoms. The second kappa shape index (κ2) is 10.0. The summed E-state index contributed by atoms with van der Waals surface area (Å²) in [5, 5.41) is 6.09. The molecule has 2 aliphatic carbocycles. The van der Waals surface area contributed by atoms with Crippen LogP contribution in [0.4, 0.5) is 24.8 Å². The average molecular weight is 530 g/mol. The van der Waals surface area contributed by atoms with Gasteiger partial charge in [0.2, 0.25) is 16.0 Å². The molecule has 1 aromatic carbocycles. The highest BCUT2D eigenvalue weighted by Crippen LogP contribution is 2.46. The predicted molar refractivity (Wildman–Crippen MR) is 127 cm³/mol. The van der Waals surface area contributed by atoms with E-state index < -0.39 is 27.9 Å². The Hall–Kier alpha value is -2.86. The molecule has 2 fully saturated rings. The maximum Gasteiger partial charge on any atom is 0.404 e. The van der Waals surface area contributed by atoms with E-state index >= 15 is 0 Å². The van der Waals surface area contributed by atoms with Gasteiger partial charge in [-0.1, -0.05) is 17.7 Å². The summed E-state index contributed by atoms with van der Waals surface area (Å²) in [4.78, 5) is 21.6. The van der Waals surface area contributed by atoms with Gasteiger partial charge in [0.15, 0.2) is 5.75 Å². The topological polar surface area (TPSA) is 113 Å². The number of rotatable bonds is 8. The molecule has 2 saturated carbocycles. The molecule has 1 heterocycles. The largest absolute Gasteiger partial charge is 0.404 e. The van der Waals surface area contributed by atoms with Crippen LogP contribution in [0.15, 0.2) is 47.5 Å². The number of amides is 1. The monoisotopic (exact) mass is 529 g/mol. The van der Waals surface area contributed by atoms with Crippen molar-refractivity contribution in [3.63, 3.8) is 0 Å². The molecule has 188 valence electrons. The molecular weight excluding hydrogens is 507 g/mol. The highest BCUT2D eigenvalue weighted by atomic mass is 35.5. The summed E-state index contributed by atoms with van der Waals surface area (Å²) in [5.41, 5.74) is 0.347. The van der Waals surface area contributed by atoms with Crippen LogP contribution in [0.3, 0.4) is 0 Å². The number of alkyl halides is 3. The van der Waals surface area contributed by atoms with Gasteiger partial charge in [0.05, 0.1) is 6.04 Å². The van der Waals surface area contributed by atoms with Crippen LogP contribution in [-0.2, 0) is 10.0 Å². The van der Waals surface area contributed by atoms with Gasteiger partial charge in [0, 0.05) is 10.6 Å². The molecule has 8 nitrogen and oxygen atoms in total. The number of sulfonamides is 1. The van der Waals surface area contributed by atoms with E-state index in [-0.39, 0.29) is 23.6 Å². The standard InChI is InChI=1S/C22H23ClF3N5O3S/c23-16-10-8-15(9-11-16)20(32)30-21(29-19(13-4-5-13)14-6-7-14)28-17-2-1-3-18(27-17)31-35(33,34)12-22(24,25)26/h1-3,8-11,13-14,19H,4-7,12H2,(H3,27,28,29,30,31,32). The van der Waals surface area contributed by atoms with E-state index in [4.69, 9.17) is 16.6 Å². The number of pyridine rings is 1. The fourth-order valence-electron chi connectivity index (χ4n) is 3.59. The van der Waals surface area contributed by atoms with Crippen LogP contribution >= 0.6 is 11.6 Å². The Labute approximate surface area is 205 Å². The van der Waals surface area contributed by atoms with E-state index in [1.54, 1.807) is 24.3 Å². The summed E-state index contributed by atoms with van der Waals surface area (Å²) < 4.78 is 63.0. The van der Waals surface area contributed by atoms with Gasteiger partial charge in [0.25, 0.3) is 5.91 Å². The van der Waals surface area contributed by atoms with Gasteiger partial charge in [-0.3, -0.25) is 14.8 Å². The Morgan fingerprint density at radius 3 is 2.23 bits per heavy atom. The van der Waals surface area contributed by atoms with E-state index in [0.29, 0.717) is 22.4 Å². The molecule has 0 saturated heterocycles. The highest BCUT2D eigenvalue weighted by molar-refractivity contribution is 7.92. The van der Waals surface area contributed by atoms with Gasteiger partial charge in [-0.05, 0) is 73.9 Å². The van der Waals surface area contributed by atoms with E-state index in [9.17, 15) is 26.4 Å². The number of hydrogen-bond acceptors (Lipinski definition) is 5. The minimum absolute atomic E-state index is 0.0245. The van der Waals surface area contributed by atoms with Crippen molar-refractivity contribution in [2.75, 3.05) is 15.8 Å². The summed E-state index contributed by atoms with van der Waals surface area (Å²) in [7, 11) is -4.70. The first-order chi connectivity index (χ1) is 16.5. The number of carbonyl (C=O) groups is 1. The lowest BCUT2D eigenvalue weighted by atomic mass is 10.1. The number of benzene rings is 1. The lowest BCUT2D eigenvalue weighted by molar-refractivity contribution is -0.106. The first-order valence-corrected chi connectivity index (χ1v) is 13.0. The van der Waals surface area contributed by atoms with E-state index in [1.165, 1.54) is 18.2 Å². The molecule has 4 rings (SSSR count). The van der Waals surface area contributed by atoms with E-state index in [0.717, 1.165) is 25.7 Å². The molecule has 0 atom stereocenters. The molecule has 3 N–H and O–H groups in total. The first-order valence-electron chi connectivity index (χ1n) is 10.9. The SMILES string of the molecule is O=C(NC(=NC(C1CC1)C1CC1)Nc1cccc(NS(=O)(=O)CC(F)(F)F)n1)c1ccc(Cl)cc1. The van der Waals surface area contributed by atoms with Crippen molar-refractivity contribution < 1.29 is 26.4 Å². The van der Waals surface area contributed by atoms with Crippen molar-refractivity contribution in [1.29, 1.82) is 0 Å². The highest BCUT2D eigenvalue weighted by Gasteiger charge is 2.42. The van der Waals surface area contributed by atoms with Crippen molar-refractivity contribution in [2.24, 2.45) is 16.8 Å². The van der Waals surface area contributed by atoms with Crippen LogP contribution in [0.5, 0.6) is 0 Å². The van der Waals surface area contributed by atoms with Crippen LogP contribution in [0.2, 0.25) is 5.02 Å². The van der Waals surface area contributed by atoms with Crippen molar-refractivity contribution in [3.8, 4) is 0 Å². The molecule has 35 heavy (non-hydrogen) atoms. The number of aliphatic imine (C=N–C) groups is 1. The second-order valence-electron chi connectivity index (χ2n) is 8.61. The minimum atomic E-state index is -4.89. The van der Waals surface area contributed by atoms with Gasteiger partial charge >= 0.3 is 6.18 Å². The third-order valence-electron chi connectivity index (χ3n) is 5.44. The lowest BCUT2D eigenvalue weighted by Gasteiger charge is -2.17. The number of anilines is 2. The summed E-state index contributed by atoms with van der Waals surface area (Å²) in [6.07, 6.45) is -0.681. The Morgan fingerprint density at radius 2 is 1.66 bits per heavy atom. The zero-order chi connectivity index (χ0) is 25.2. The Morgan fingerprint density at radius 1 is 1.06 bits per heavy atom. The summed E-state index contributed by atoms with van der Waals surface area (Å²) >= 11 is 5.89. The zero-order valence-electron chi connectivity index (χ0n) is 18.3. The van der Waals surface area contributed by atoms with Crippen molar-refractivity contribution >= 4 is 45.1 Å². The summed E-state index contributed by atoms with van der Waals surface area (Å²) in [6.45, 7) is 0. The van der Waals surface area contributed by atoms with Crippen molar-refractivity contribution in [3.05, 3.63) is 53.1 Å². The number of nitrogens with zero attached hydrogens (tertiary/aromatic N) is 2. The zero-order valence-corrected chi connectivity index (χ0v) is 19.9. The smallest absolute Gasteiger partial charge is 0.311 e. The fraction of sp³-hybridized carbons (Fsp3) is 0.409. The maximum atomic E-state index is 12.8. The Balaban J connectivity index is 1.54. The first kappa shape index (κ1) is 25.2. The maximum absolute atomic E-state index is 12.8. The summed E-state index contributed by atoms with van der Waals surface area (Å²) in [6, 6.07) is 10.4. The van der Waals surface area contributed by atoms with Crippen molar-refractivity contribution in [1.82, 2.24) is 10.3 Å². The van der Waals surface area contributed by atoms with Crippen LogP contribution < -0.4 is 15.4 Å². The number of aromatic nitrogens is 1. The minimum Gasteiger partial charge on any atom is -0.311 e. The predicted octanol–water partition coefficient (Wildman–Crippen LogP) is 4.43. The molecule has 2 aliphatic rings. The molecular formula is C22H23ClF3N5O3S. The lowest BCUT2D eigenvalue weighted by Crippen LogP contribution is -2.38. The molecule has 2 aromatic rings. The number of guanidine groups is 1. The van der Waals surface area contributed by atoms with Gasteiger partial charge in [0.1, 0.15) is 11.6 Å². The van der Waals surface area contributed by atoms with Gasteiger partial charge in [-0.2, -0.15) is 13.2 Å². The molecule has 0 bridgehead atoms. The number of carbonyl (C=O) groups excluding carboxylic acids is 1. The van der Waals surface area contributed by atoms with E-state index in [1.807, 2.05) is 4.72 Å². The Bertz CT molecular complexity index is 1200. The van der Waals surface area contributed by atoms with Gasteiger partial charge in [-0.25, -0.2) is 18.4 Å². The summed E-state index contributed by atoms with van der Waals surface area (Å²) in [5.74, 6) is -1.70. The second-order valence-corrected chi connectivity index (χ2v) is 10.8. The van der Waals surface area contributed by atoms with Crippen LogP contribution in [0.25, 0.3) is 0 Å². The average Bonchev–Trinajstić information content (AvgIpc) is 3.65. The van der Waals surface area contributed by atoms with Crippen LogP contribution in [-0.4, -0.2) is 43.2 Å². The van der Waals surface area contributed by atoms with Crippen LogP contribution in [0.1, 0.15) is 36.0 Å². The molecule has 0 radical (unpaired) electrons.